The lowest BCUT2D eigenvalue weighted by Crippen LogP contribution is -2.49. The molecular formula is C17H28ClN3O4S. The van der Waals surface area contributed by atoms with Crippen LogP contribution in [0.2, 0.25) is 0 Å². The van der Waals surface area contributed by atoms with E-state index in [0.29, 0.717) is 13.2 Å². The Hall–Kier alpha value is -1.19. The molecular weight excluding hydrogens is 378 g/mol. The van der Waals surface area contributed by atoms with Crippen LogP contribution >= 0.6 is 12.4 Å². The lowest BCUT2D eigenvalue weighted by molar-refractivity contribution is -0.136. The maximum absolute atomic E-state index is 12.7. The second-order valence-electron chi connectivity index (χ2n) is 6.58. The van der Waals surface area contributed by atoms with Crippen LogP contribution in [0.4, 0.5) is 0 Å². The van der Waals surface area contributed by atoms with Crippen molar-refractivity contribution in [3.05, 3.63) is 29.8 Å². The van der Waals surface area contributed by atoms with Gasteiger partial charge in [-0.05, 0) is 43.6 Å². The van der Waals surface area contributed by atoms with Crippen LogP contribution in [0.3, 0.4) is 0 Å². The Labute approximate surface area is 161 Å². The predicted octanol–water partition coefficient (Wildman–Crippen LogP) is 0.991. The van der Waals surface area contributed by atoms with Gasteiger partial charge in [-0.25, -0.2) is 12.7 Å². The molecule has 9 heteroatoms. The number of ether oxygens (including phenoxy) is 1. The van der Waals surface area contributed by atoms with E-state index >= 15 is 0 Å². The molecule has 26 heavy (non-hydrogen) atoms. The first-order valence-electron chi connectivity index (χ1n) is 8.31. The molecule has 1 aliphatic rings. The van der Waals surface area contributed by atoms with E-state index in [0.717, 1.165) is 31.5 Å². The van der Waals surface area contributed by atoms with Crippen LogP contribution in [0.25, 0.3) is 0 Å². The number of carbonyl (C=O) groups excluding carboxylic acids is 1. The van der Waals surface area contributed by atoms with Crippen molar-refractivity contribution in [3.8, 4) is 0 Å². The van der Waals surface area contributed by atoms with Crippen molar-refractivity contribution in [1.82, 2.24) is 14.9 Å². The molecule has 0 bridgehead atoms. The molecule has 1 amide bonds. The van der Waals surface area contributed by atoms with Gasteiger partial charge in [0.1, 0.15) is 0 Å². The molecule has 0 atom stereocenters. The molecule has 1 aromatic rings. The average Bonchev–Trinajstić information content (AvgIpc) is 2.61. The van der Waals surface area contributed by atoms with E-state index in [2.05, 4.69) is 10.6 Å². The molecule has 1 fully saturated rings. The van der Waals surface area contributed by atoms with Crippen LogP contribution in [0.1, 0.15) is 18.4 Å². The van der Waals surface area contributed by atoms with Gasteiger partial charge in [-0.2, -0.15) is 0 Å². The molecule has 1 heterocycles. The van der Waals surface area contributed by atoms with Gasteiger partial charge in [0.05, 0.1) is 16.9 Å². The normalized spacial score (nSPS) is 16.8. The van der Waals surface area contributed by atoms with Crippen molar-refractivity contribution < 1.29 is 17.9 Å². The molecule has 7 nitrogen and oxygen atoms in total. The topological polar surface area (TPSA) is 87.7 Å². The maximum Gasteiger partial charge on any atom is 0.242 e. The highest BCUT2D eigenvalue weighted by atomic mass is 35.5. The lowest BCUT2D eigenvalue weighted by Gasteiger charge is -2.35. The van der Waals surface area contributed by atoms with E-state index in [4.69, 9.17) is 4.74 Å². The number of carbonyl (C=O) groups is 1. The number of piperidine rings is 1. The third-order valence-electron chi connectivity index (χ3n) is 4.62. The highest BCUT2D eigenvalue weighted by Gasteiger charge is 2.39. The maximum atomic E-state index is 12.7. The number of halogens is 1. The van der Waals surface area contributed by atoms with E-state index < -0.39 is 15.4 Å². The summed E-state index contributed by atoms with van der Waals surface area (Å²) in [6.07, 6.45) is 1.49. The molecule has 0 aromatic heterocycles. The number of hydrogen-bond acceptors (Lipinski definition) is 5. The molecule has 0 radical (unpaired) electrons. The van der Waals surface area contributed by atoms with Crippen LogP contribution < -0.4 is 10.6 Å². The summed E-state index contributed by atoms with van der Waals surface area (Å²) in [4.78, 5) is 12.9. The number of rotatable bonds is 7. The summed E-state index contributed by atoms with van der Waals surface area (Å²) in [5.41, 5.74) is 0.362. The van der Waals surface area contributed by atoms with Gasteiger partial charge in [0.25, 0.3) is 0 Å². The van der Waals surface area contributed by atoms with Gasteiger partial charge in [0.2, 0.25) is 15.9 Å². The number of benzene rings is 1. The number of hydrogen-bond donors (Lipinski definition) is 2. The van der Waals surface area contributed by atoms with Gasteiger partial charge in [-0.1, -0.05) is 12.1 Å². The summed E-state index contributed by atoms with van der Waals surface area (Å²) >= 11 is 0. The number of nitrogens with one attached hydrogen (secondary N) is 2. The fourth-order valence-corrected chi connectivity index (χ4v) is 3.88. The Morgan fingerprint density at radius 2 is 1.81 bits per heavy atom. The van der Waals surface area contributed by atoms with Crippen molar-refractivity contribution in [2.45, 2.75) is 24.3 Å². The van der Waals surface area contributed by atoms with Crippen molar-refractivity contribution in [2.75, 3.05) is 40.9 Å². The SMILES string of the molecule is COCC1(C(=O)NCc2ccc(S(=O)(=O)N(C)C)cc2)CCNCC1.Cl. The Bertz CT molecular complexity index is 681. The van der Waals surface area contributed by atoms with Gasteiger partial charge < -0.3 is 15.4 Å². The zero-order valence-corrected chi connectivity index (χ0v) is 17.1. The highest BCUT2D eigenvalue weighted by molar-refractivity contribution is 7.89. The first kappa shape index (κ1) is 22.9. The molecule has 0 saturated carbocycles. The van der Waals surface area contributed by atoms with Gasteiger partial charge in [-0.3, -0.25) is 4.79 Å². The van der Waals surface area contributed by atoms with E-state index in [1.54, 1.807) is 31.4 Å². The molecule has 1 aliphatic heterocycles. The molecule has 0 aliphatic carbocycles. The van der Waals surface area contributed by atoms with E-state index in [1.807, 2.05) is 0 Å². The molecule has 148 valence electrons. The fourth-order valence-electron chi connectivity index (χ4n) is 2.98. The van der Waals surface area contributed by atoms with E-state index in [9.17, 15) is 13.2 Å². The van der Waals surface area contributed by atoms with E-state index in [-0.39, 0.29) is 23.2 Å². The predicted molar refractivity (Wildman–Crippen MR) is 103 cm³/mol. The molecule has 1 aromatic carbocycles. The lowest BCUT2D eigenvalue weighted by atomic mass is 9.78. The third-order valence-corrected chi connectivity index (χ3v) is 6.45. The average molecular weight is 406 g/mol. The van der Waals surface area contributed by atoms with Gasteiger partial charge in [-0.15, -0.1) is 12.4 Å². The molecule has 2 N–H and O–H groups in total. The molecule has 1 saturated heterocycles. The van der Waals surface area contributed by atoms with E-state index in [1.165, 1.54) is 18.4 Å². The number of methoxy groups -OCH3 is 1. The first-order valence-corrected chi connectivity index (χ1v) is 9.75. The quantitative estimate of drug-likeness (QED) is 0.706. The summed E-state index contributed by atoms with van der Waals surface area (Å²) < 4.78 is 30.6. The minimum atomic E-state index is -3.44. The molecule has 0 spiro atoms. The summed E-state index contributed by atoms with van der Waals surface area (Å²) in [7, 11) is 1.17. The van der Waals surface area contributed by atoms with Crippen LogP contribution in [0.15, 0.2) is 29.2 Å². The Balaban J connectivity index is 0.00000338. The largest absolute Gasteiger partial charge is 0.384 e. The standard InChI is InChI=1S/C17H27N3O4S.ClH/c1-20(2)25(22,23)15-6-4-14(5-7-15)12-19-16(21)17(13-24-3)8-10-18-11-9-17;/h4-7,18H,8-13H2,1-3H3,(H,19,21);1H. The second-order valence-corrected chi connectivity index (χ2v) is 8.73. The van der Waals surface area contributed by atoms with Gasteiger partial charge in [0, 0.05) is 27.7 Å². The van der Waals surface area contributed by atoms with Gasteiger partial charge in [0.15, 0.2) is 0 Å². The van der Waals surface area contributed by atoms with Crippen LogP contribution in [0.5, 0.6) is 0 Å². The summed E-state index contributed by atoms with van der Waals surface area (Å²) in [5, 5.41) is 6.23. The number of amides is 1. The number of sulfonamides is 1. The molecule has 2 rings (SSSR count). The number of nitrogens with zero attached hydrogens (tertiary/aromatic N) is 1. The van der Waals surface area contributed by atoms with Crippen molar-refractivity contribution >= 4 is 28.3 Å². The monoisotopic (exact) mass is 405 g/mol. The zero-order valence-electron chi connectivity index (χ0n) is 15.4. The summed E-state index contributed by atoms with van der Waals surface area (Å²) in [6.45, 7) is 2.36. The Morgan fingerprint density at radius 3 is 2.31 bits per heavy atom. The smallest absolute Gasteiger partial charge is 0.242 e. The molecule has 0 unspecified atom stereocenters. The highest BCUT2D eigenvalue weighted by Crippen LogP contribution is 2.29. The zero-order chi connectivity index (χ0) is 18.5. The summed E-state index contributed by atoms with van der Waals surface area (Å²) in [5.74, 6) is -0.0131. The minimum Gasteiger partial charge on any atom is -0.384 e. The van der Waals surface area contributed by atoms with Crippen molar-refractivity contribution in [1.29, 1.82) is 0 Å². The Kier molecular flexibility index (Phi) is 8.49. The summed E-state index contributed by atoms with van der Waals surface area (Å²) in [6, 6.07) is 6.57. The Morgan fingerprint density at radius 1 is 1.23 bits per heavy atom. The fraction of sp³-hybridized carbons (Fsp3) is 0.588. The first-order chi connectivity index (χ1) is 11.8. The second kappa shape index (κ2) is 9.66. The van der Waals surface area contributed by atoms with Crippen molar-refractivity contribution in [3.63, 3.8) is 0 Å². The van der Waals surface area contributed by atoms with Crippen molar-refractivity contribution in [2.24, 2.45) is 5.41 Å². The minimum absolute atomic E-state index is 0. The van der Waals surface area contributed by atoms with Crippen LogP contribution in [-0.4, -0.2) is 59.5 Å². The van der Waals surface area contributed by atoms with Crippen LogP contribution in [0, 0.1) is 5.41 Å². The van der Waals surface area contributed by atoms with Crippen LogP contribution in [-0.2, 0) is 26.1 Å². The van der Waals surface area contributed by atoms with Gasteiger partial charge >= 0.3 is 0 Å². The third kappa shape index (κ3) is 5.17.